The van der Waals surface area contributed by atoms with Crippen LogP contribution in [0.15, 0.2) is 22.7 Å². The van der Waals surface area contributed by atoms with Gasteiger partial charge in [0.25, 0.3) is 0 Å². The number of hydrogen-bond acceptors (Lipinski definition) is 3. The zero-order valence-corrected chi connectivity index (χ0v) is 12.0. The van der Waals surface area contributed by atoms with Crippen molar-refractivity contribution in [3.63, 3.8) is 0 Å². The smallest absolute Gasteiger partial charge is 0.119 e. The van der Waals surface area contributed by atoms with Crippen molar-refractivity contribution in [1.82, 2.24) is 4.90 Å². The first kappa shape index (κ1) is 14.5. The van der Waals surface area contributed by atoms with Gasteiger partial charge >= 0.3 is 0 Å². The molecule has 1 aromatic rings. The van der Waals surface area contributed by atoms with Crippen molar-refractivity contribution in [2.45, 2.75) is 19.9 Å². The molecule has 0 heterocycles. The van der Waals surface area contributed by atoms with Crippen molar-refractivity contribution in [1.29, 1.82) is 0 Å². The van der Waals surface area contributed by atoms with Gasteiger partial charge in [0, 0.05) is 17.6 Å². The van der Waals surface area contributed by atoms with Crippen LogP contribution in [-0.4, -0.2) is 36.8 Å². The molecule has 0 aromatic heterocycles. The van der Waals surface area contributed by atoms with Crippen LogP contribution in [0.3, 0.4) is 0 Å². The Labute approximate surface area is 112 Å². The summed E-state index contributed by atoms with van der Waals surface area (Å²) in [4.78, 5) is 2.24. The van der Waals surface area contributed by atoms with Crippen LogP contribution >= 0.6 is 15.9 Å². The Hall–Kier alpha value is -0.580. The zero-order chi connectivity index (χ0) is 12.7. The van der Waals surface area contributed by atoms with Crippen LogP contribution < -0.4 is 4.74 Å². The number of rotatable bonds is 7. The Morgan fingerprint density at radius 3 is 2.71 bits per heavy atom. The standard InChI is InChI=1S/C13H20BrNO2/c1-3-6-15(7-8-16)10-11-9-12(17-2)4-5-13(11)14/h4-5,9,16H,3,6-8,10H2,1-2H3. The first-order valence-corrected chi connectivity index (χ1v) is 6.66. The molecule has 0 saturated carbocycles. The average molecular weight is 302 g/mol. The lowest BCUT2D eigenvalue weighted by Gasteiger charge is -2.21. The largest absolute Gasteiger partial charge is 0.497 e. The van der Waals surface area contributed by atoms with Gasteiger partial charge in [0.1, 0.15) is 5.75 Å². The molecule has 0 aliphatic carbocycles. The van der Waals surface area contributed by atoms with Crippen LogP contribution in [0, 0.1) is 0 Å². The van der Waals surface area contributed by atoms with Crippen molar-refractivity contribution in [2.75, 3.05) is 26.8 Å². The summed E-state index contributed by atoms with van der Waals surface area (Å²) in [5.41, 5.74) is 1.19. The molecule has 0 bridgehead atoms. The summed E-state index contributed by atoms with van der Waals surface area (Å²) in [5, 5.41) is 9.03. The van der Waals surface area contributed by atoms with E-state index in [9.17, 15) is 0 Å². The molecule has 0 spiro atoms. The minimum atomic E-state index is 0.196. The van der Waals surface area contributed by atoms with E-state index in [0.29, 0.717) is 6.54 Å². The Morgan fingerprint density at radius 2 is 2.12 bits per heavy atom. The van der Waals surface area contributed by atoms with Crippen molar-refractivity contribution < 1.29 is 9.84 Å². The minimum Gasteiger partial charge on any atom is -0.497 e. The Morgan fingerprint density at radius 1 is 1.35 bits per heavy atom. The Kier molecular flexibility index (Phi) is 6.55. The molecule has 0 aliphatic rings. The van der Waals surface area contributed by atoms with E-state index in [0.717, 1.165) is 29.7 Å². The van der Waals surface area contributed by atoms with Crippen LogP contribution in [0.2, 0.25) is 0 Å². The molecule has 1 aromatic carbocycles. The molecular formula is C13H20BrNO2. The summed E-state index contributed by atoms with van der Waals surface area (Å²) in [6.45, 7) is 4.86. The number of methoxy groups -OCH3 is 1. The fraction of sp³-hybridized carbons (Fsp3) is 0.538. The van der Waals surface area contributed by atoms with E-state index in [1.165, 1.54) is 5.56 Å². The number of aliphatic hydroxyl groups excluding tert-OH is 1. The molecule has 96 valence electrons. The summed E-state index contributed by atoms with van der Waals surface area (Å²) in [5.74, 6) is 0.864. The highest BCUT2D eigenvalue weighted by atomic mass is 79.9. The van der Waals surface area contributed by atoms with Crippen molar-refractivity contribution in [2.24, 2.45) is 0 Å². The van der Waals surface area contributed by atoms with Crippen molar-refractivity contribution in [3.05, 3.63) is 28.2 Å². The lowest BCUT2D eigenvalue weighted by Crippen LogP contribution is -2.27. The summed E-state index contributed by atoms with van der Waals surface area (Å²) >= 11 is 3.55. The van der Waals surface area contributed by atoms with Gasteiger partial charge in [-0.3, -0.25) is 4.90 Å². The molecule has 0 fully saturated rings. The van der Waals surface area contributed by atoms with Gasteiger partial charge in [-0.15, -0.1) is 0 Å². The molecule has 0 aliphatic heterocycles. The van der Waals surface area contributed by atoms with E-state index in [2.05, 4.69) is 27.8 Å². The zero-order valence-electron chi connectivity index (χ0n) is 10.4. The van der Waals surface area contributed by atoms with E-state index >= 15 is 0 Å². The number of nitrogens with zero attached hydrogens (tertiary/aromatic N) is 1. The van der Waals surface area contributed by atoms with Gasteiger partial charge in [-0.2, -0.15) is 0 Å². The molecule has 3 nitrogen and oxygen atoms in total. The minimum absolute atomic E-state index is 0.196. The van der Waals surface area contributed by atoms with Gasteiger partial charge in [0.05, 0.1) is 13.7 Å². The first-order chi connectivity index (χ1) is 8.21. The summed E-state index contributed by atoms with van der Waals surface area (Å²) in [7, 11) is 1.67. The third kappa shape index (κ3) is 4.66. The van der Waals surface area contributed by atoms with E-state index in [-0.39, 0.29) is 6.61 Å². The second kappa shape index (κ2) is 7.69. The third-order valence-electron chi connectivity index (χ3n) is 2.60. The van der Waals surface area contributed by atoms with Crippen LogP contribution in [-0.2, 0) is 6.54 Å². The van der Waals surface area contributed by atoms with Gasteiger partial charge in [0.15, 0.2) is 0 Å². The molecule has 17 heavy (non-hydrogen) atoms. The fourth-order valence-corrected chi connectivity index (χ4v) is 2.14. The van der Waals surface area contributed by atoms with Crippen LogP contribution in [0.4, 0.5) is 0 Å². The lowest BCUT2D eigenvalue weighted by atomic mass is 10.2. The summed E-state index contributed by atoms with van der Waals surface area (Å²) < 4.78 is 6.30. The summed E-state index contributed by atoms with van der Waals surface area (Å²) in [6.07, 6.45) is 1.08. The number of hydrogen-bond donors (Lipinski definition) is 1. The van der Waals surface area contributed by atoms with Gasteiger partial charge in [0.2, 0.25) is 0 Å². The molecular weight excluding hydrogens is 282 g/mol. The number of halogens is 1. The predicted molar refractivity (Wildman–Crippen MR) is 73.3 cm³/mol. The molecule has 1 N–H and O–H groups in total. The molecule has 0 saturated heterocycles. The van der Waals surface area contributed by atoms with E-state index in [4.69, 9.17) is 9.84 Å². The number of benzene rings is 1. The van der Waals surface area contributed by atoms with E-state index in [1.54, 1.807) is 7.11 Å². The average Bonchev–Trinajstić information content (AvgIpc) is 2.32. The third-order valence-corrected chi connectivity index (χ3v) is 3.38. The summed E-state index contributed by atoms with van der Waals surface area (Å²) in [6, 6.07) is 5.96. The van der Waals surface area contributed by atoms with Crippen LogP contribution in [0.1, 0.15) is 18.9 Å². The Bertz CT molecular complexity index is 338. The number of ether oxygens (including phenoxy) is 1. The quantitative estimate of drug-likeness (QED) is 0.840. The Balaban J connectivity index is 2.76. The van der Waals surface area contributed by atoms with Gasteiger partial charge in [-0.1, -0.05) is 22.9 Å². The highest BCUT2D eigenvalue weighted by Crippen LogP contribution is 2.23. The van der Waals surface area contributed by atoms with Crippen LogP contribution in [0.25, 0.3) is 0 Å². The molecule has 0 radical (unpaired) electrons. The van der Waals surface area contributed by atoms with Crippen LogP contribution in [0.5, 0.6) is 5.75 Å². The van der Waals surface area contributed by atoms with Crippen molar-refractivity contribution >= 4 is 15.9 Å². The maximum atomic E-state index is 9.03. The second-order valence-electron chi connectivity index (χ2n) is 3.96. The first-order valence-electron chi connectivity index (χ1n) is 5.86. The molecule has 0 unspecified atom stereocenters. The highest BCUT2D eigenvalue weighted by Gasteiger charge is 2.08. The van der Waals surface area contributed by atoms with Gasteiger partial charge in [-0.25, -0.2) is 0 Å². The SMILES string of the molecule is CCCN(CCO)Cc1cc(OC)ccc1Br. The fourth-order valence-electron chi connectivity index (χ4n) is 1.77. The topological polar surface area (TPSA) is 32.7 Å². The molecule has 0 atom stereocenters. The van der Waals surface area contributed by atoms with Gasteiger partial charge in [-0.05, 0) is 36.7 Å². The predicted octanol–water partition coefficient (Wildman–Crippen LogP) is 2.66. The maximum Gasteiger partial charge on any atom is 0.119 e. The second-order valence-corrected chi connectivity index (χ2v) is 4.81. The molecule has 0 amide bonds. The van der Waals surface area contributed by atoms with Gasteiger partial charge < -0.3 is 9.84 Å². The highest BCUT2D eigenvalue weighted by molar-refractivity contribution is 9.10. The maximum absolute atomic E-state index is 9.03. The monoisotopic (exact) mass is 301 g/mol. The van der Waals surface area contributed by atoms with E-state index in [1.807, 2.05) is 18.2 Å². The van der Waals surface area contributed by atoms with E-state index < -0.39 is 0 Å². The molecule has 4 heteroatoms. The molecule has 1 rings (SSSR count). The lowest BCUT2D eigenvalue weighted by molar-refractivity contribution is 0.190. The number of aliphatic hydroxyl groups is 1. The normalized spacial score (nSPS) is 10.9. The van der Waals surface area contributed by atoms with Crippen molar-refractivity contribution in [3.8, 4) is 5.75 Å².